The predicted molar refractivity (Wildman–Crippen MR) is 362 cm³/mol. The molecule has 0 fully saturated rings. The second-order valence-electron chi connectivity index (χ2n) is 23.8. The zero-order valence-electron chi connectivity index (χ0n) is 54.9. The van der Waals surface area contributed by atoms with Crippen molar-refractivity contribution in [3.8, 4) is 0 Å². The molecule has 0 N–H and O–H groups in total. The summed E-state index contributed by atoms with van der Waals surface area (Å²) in [5, 5.41) is 0. The van der Waals surface area contributed by atoms with Crippen LogP contribution in [0.15, 0.2) is 97.2 Å². The highest BCUT2D eigenvalue weighted by Gasteiger charge is 2.19. The molecule has 0 bridgehead atoms. The van der Waals surface area contributed by atoms with Crippen LogP contribution in [0, 0.1) is 0 Å². The quantitative estimate of drug-likeness (QED) is 0.0261. The molecule has 0 aliphatic carbocycles. The van der Waals surface area contributed by atoms with Crippen LogP contribution in [-0.2, 0) is 28.6 Å². The molecular formula is C77H134O6. The number of esters is 3. The Morgan fingerprint density at radius 2 is 0.470 bits per heavy atom. The van der Waals surface area contributed by atoms with Crippen LogP contribution in [0.5, 0.6) is 0 Å². The molecule has 0 heterocycles. The van der Waals surface area contributed by atoms with Crippen LogP contribution in [0.2, 0.25) is 0 Å². The van der Waals surface area contributed by atoms with E-state index in [0.717, 1.165) is 109 Å². The van der Waals surface area contributed by atoms with E-state index in [0.29, 0.717) is 19.3 Å². The van der Waals surface area contributed by atoms with Gasteiger partial charge in [-0.1, -0.05) is 330 Å². The fourth-order valence-corrected chi connectivity index (χ4v) is 10.2. The maximum absolute atomic E-state index is 13.0. The second-order valence-corrected chi connectivity index (χ2v) is 23.8. The minimum absolute atomic E-state index is 0.0878. The van der Waals surface area contributed by atoms with Gasteiger partial charge in [-0.05, 0) is 103 Å². The molecule has 83 heavy (non-hydrogen) atoms. The molecule has 0 amide bonds. The third-order valence-corrected chi connectivity index (χ3v) is 15.6. The van der Waals surface area contributed by atoms with Crippen LogP contribution >= 0.6 is 0 Å². The van der Waals surface area contributed by atoms with Crippen molar-refractivity contribution < 1.29 is 28.6 Å². The summed E-state index contributed by atoms with van der Waals surface area (Å²) in [5.74, 6) is -0.906. The third kappa shape index (κ3) is 69.0. The highest BCUT2D eigenvalue weighted by Crippen LogP contribution is 2.18. The normalized spacial score (nSPS) is 12.7. The Morgan fingerprint density at radius 3 is 0.747 bits per heavy atom. The monoisotopic (exact) mass is 1160 g/mol. The van der Waals surface area contributed by atoms with Gasteiger partial charge in [0, 0.05) is 19.3 Å². The van der Waals surface area contributed by atoms with E-state index in [4.69, 9.17) is 14.2 Å². The van der Waals surface area contributed by atoms with Gasteiger partial charge in [0.05, 0.1) is 0 Å². The van der Waals surface area contributed by atoms with Gasteiger partial charge in [0.25, 0.3) is 0 Å². The SMILES string of the molecule is CC/C=C\C/C=C\C/C=C\C/C=C\C/C=C\CCCCCC(=O)OCC(COC(=O)CCCCCCCCCCCC/C=C\C/C=C\C/C=C\CCCCCCC)OC(=O)CCCCCCCCCCCCCCCCCCCCCCC. The molecule has 0 aliphatic rings. The Kier molecular flexibility index (Phi) is 67.7. The summed E-state index contributed by atoms with van der Waals surface area (Å²) >= 11 is 0. The van der Waals surface area contributed by atoms with Gasteiger partial charge in [-0.15, -0.1) is 0 Å². The molecule has 478 valence electrons. The zero-order chi connectivity index (χ0) is 59.9. The first-order chi connectivity index (χ1) is 41.0. The first-order valence-electron chi connectivity index (χ1n) is 35.7. The van der Waals surface area contributed by atoms with Crippen molar-refractivity contribution in [3.63, 3.8) is 0 Å². The number of carbonyl (C=O) groups excluding carboxylic acids is 3. The molecule has 0 aliphatic heterocycles. The van der Waals surface area contributed by atoms with E-state index in [9.17, 15) is 14.4 Å². The number of carbonyl (C=O) groups is 3. The molecule has 0 radical (unpaired) electrons. The summed E-state index contributed by atoms with van der Waals surface area (Å²) in [4.78, 5) is 38.5. The number of hydrogen-bond acceptors (Lipinski definition) is 6. The number of ether oxygens (including phenoxy) is 3. The van der Waals surface area contributed by atoms with Crippen LogP contribution in [0.3, 0.4) is 0 Å². The Hall–Kier alpha value is -3.67. The zero-order valence-corrected chi connectivity index (χ0v) is 54.9. The van der Waals surface area contributed by atoms with Gasteiger partial charge in [0.1, 0.15) is 13.2 Å². The van der Waals surface area contributed by atoms with Gasteiger partial charge in [0.15, 0.2) is 6.10 Å². The van der Waals surface area contributed by atoms with Crippen molar-refractivity contribution in [1.82, 2.24) is 0 Å². The smallest absolute Gasteiger partial charge is 0.306 e. The summed E-state index contributed by atoms with van der Waals surface area (Å²) in [6, 6.07) is 0. The molecule has 0 aromatic rings. The first-order valence-corrected chi connectivity index (χ1v) is 35.7. The lowest BCUT2D eigenvalue weighted by atomic mass is 10.0. The van der Waals surface area contributed by atoms with Crippen LogP contribution in [0.1, 0.15) is 355 Å². The standard InChI is InChI=1S/C77H134O6/c1-4-7-10-13-16-19-22-25-28-31-34-36-37-38-39-41-43-46-49-52-55-58-61-64-67-70-76(79)82-73-74(72-81-75(78)69-66-63-60-57-54-51-48-45-42-33-30-27-24-21-18-15-12-9-6-3)83-77(80)71-68-65-62-59-56-53-50-47-44-40-35-32-29-26-23-20-17-14-11-8-5-2/h9,12,18,21-22,25,27,30-31,34,37-38,42,45,51,54,74H,4-8,10-11,13-17,19-20,23-24,26,28-29,32-33,35-36,39-41,43-44,46-50,52-53,55-73H2,1-3H3/b12-9-,21-18-,25-22-,30-27-,34-31-,38-37-,45-42-,54-51-. The fourth-order valence-electron chi connectivity index (χ4n) is 10.2. The average molecular weight is 1160 g/mol. The number of rotatable bonds is 65. The largest absolute Gasteiger partial charge is 0.462 e. The summed E-state index contributed by atoms with van der Waals surface area (Å²) in [6.45, 7) is 6.54. The van der Waals surface area contributed by atoms with Crippen molar-refractivity contribution in [3.05, 3.63) is 97.2 Å². The molecule has 1 unspecified atom stereocenters. The molecule has 0 aromatic heterocycles. The van der Waals surface area contributed by atoms with Gasteiger partial charge >= 0.3 is 17.9 Å². The maximum atomic E-state index is 13.0. The topological polar surface area (TPSA) is 78.9 Å². The Balaban J connectivity index is 4.40. The van der Waals surface area contributed by atoms with E-state index >= 15 is 0 Å². The van der Waals surface area contributed by atoms with Crippen LogP contribution in [-0.4, -0.2) is 37.2 Å². The molecule has 0 rings (SSSR count). The molecule has 6 nitrogen and oxygen atoms in total. The lowest BCUT2D eigenvalue weighted by molar-refractivity contribution is -0.167. The van der Waals surface area contributed by atoms with Crippen molar-refractivity contribution in [2.45, 2.75) is 361 Å². The molecule has 0 aromatic carbocycles. The summed E-state index contributed by atoms with van der Waals surface area (Å²) in [7, 11) is 0. The van der Waals surface area contributed by atoms with E-state index < -0.39 is 6.10 Å². The molecule has 0 saturated heterocycles. The fraction of sp³-hybridized carbons (Fsp3) is 0.753. The molecule has 0 spiro atoms. The second kappa shape index (κ2) is 70.8. The summed E-state index contributed by atoms with van der Waals surface area (Å²) in [6.07, 6.45) is 95.7. The Morgan fingerprint density at radius 1 is 0.253 bits per heavy atom. The van der Waals surface area contributed by atoms with Gasteiger partial charge in [-0.2, -0.15) is 0 Å². The highest BCUT2D eigenvalue weighted by molar-refractivity contribution is 5.71. The molecular weight excluding hydrogens is 1020 g/mol. The van der Waals surface area contributed by atoms with Crippen molar-refractivity contribution >= 4 is 17.9 Å². The van der Waals surface area contributed by atoms with Crippen LogP contribution in [0.25, 0.3) is 0 Å². The van der Waals surface area contributed by atoms with Gasteiger partial charge in [-0.3, -0.25) is 14.4 Å². The van der Waals surface area contributed by atoms with E-state index in [1.807, 2.05) is 0 Å². The van der Waals surface area contributed by atoms with Crippen molar-refractivity contribution in [2.75, 3.05) is 13.2 Å². The summed E-state index contributed by atoms with van der Waals surface area (Å²) < 4.78 is 17.0. The lowest BCUT2D eigenvalue weighted by Gasteiger charge is -2.18. The maximum Gasteiger partial charge on any atom is 0.306 e. The molecule has 6 heteroatoms. The number of hydrogen-bond donors (Lipinski definition) is 0. The van der Waals surface area contributed by atoms with Crippen LogP contribution in [0.4, 0.5) is 0 Å². The van der Waals surface area contributed by atoms with Crippen LogP contribution < -0.4 is 0 Å². The van der Waals surface area contributed by atoms with Gasteiger partial charge in [-0.25, -0.2) is 0 Å². The molecule has 0 saturated carbocycles. The molecule has 1 atom stereocenters. The van der Waals surface area contributed by atoms with Gasteiger partial charge in [0.2, 0.25) is 0 Å². The van der Waals surface area contributed by atoms with E-state index in [2.05, 4.69) is 118 Å². The van der Waals surface area contributed by atoms with E-state index in [1.54, 1.807) is 0 Å². The minimum Gasteiger partial charge on any atom is -0.462 e. The number of unbranched alkanes of at least 4 members (excludes halogenated alkanes) is 38. The Labute approximate surface area is 515 Å². The Bertz CT molecular complexity index is 1610. The van der Waals surface area contributed by atoms with Gasteiger partial charge < -0.3 is 14.2 Å². The van der Waals surface area contributed by atoms with E-state index in [-0.39, 0.29) is 31.1 Å². The van der Waals surface area contributed by atoms with E-state index in [1.165, 1.54) is 205 Å². The number of allylic oxidation sites excluding steroid dienone is 16. The average Bonchev–Trinajstić information content (AvgIpc) is 3.49. The first kappa shape index (κ1) is 79.3. The highest BCUT2D eigenvalue weighted by atomic mass is 16.6. The van der Waals surface area contributed by atoms with Crippen molar-refractivity contribution in [1.29, 1.82) is 0 Å². The third-order valence-electron chi connectivity index (χ3n) is 15.6. The van der Waals surface area contributed by atoms with Crippen molar-refractivity contribution in [2.24, 2.45) is 0 Å². The lowest BCUT2D eigenvalue weighted by Crippen LogP contribution is -2.30. The predicted octanol–water partition coefficient (Wildman–Crippen LogP) is 24.8. The summed E-state index contributed by atoms with van der Waals surface area (Å²) in [5.41, 5.74) is 0. The minimum atomic E-state index is -0.795.